The summed E-state index contributed by atoms with van der Waals surface area (Å²) in [5.41, 5.74) is 9.02. The number of aliphatic hydroxyl groups is 1. The normalized spacial score (nSPS) is 20.1. The molecule has 1 aliphatic rings. The molecule has 1 aliphatic heterocycles. The zero-order valence-corrected chi connectivity index (χ0v) is 11.9. The Balaban J connectivity index is 2.04. The van der Waals surface area contributed by atoms with Crippen molar-refractivity contribution in [2.24, 2.45) is 0 Å². The lowest BCUT2D eigenvalue weighted by atomic mass is 10.0. The third-order valence-corrected chi connectivity index (χ3v) is 4.72. The molecule has 2 heterocycles. The summed E-state index contributed by atoms with van der Waals surface area (Å²) in [6.07, 6.45) is 3.37. The molecule has 1 saturated heterocycles. The molecule has 4 nitrogen and oxygen atoms in total. The van der Waals surface area contributed by atoms with Gasteiger partial charge in [-0.2, -0.15) is 0 Å². The number of hydrogen-bond donors (Lipinski definition) is 2. The van der Waals surface area contributed by atoms with Gasteiger partial charge in [0.25, 0.3) is 0 Å². The number of hydrogen-bond acceptors (Lipinski definition) is 5. The van der Waals surface area contributed by atoms with Gasteiger partial charge in [-0.1, -0.05) is 0 Å². The van der Waals surface area contributed by atoms with Gasteiger partial charge in [-0.15, -0.1) is 11.3 Å². The van der Waals surface area contributed by atoms with E-state index in [1.807, 2.05) is 13.0 Å². The van der Waals surface area contributed by atoms with Gasteiger partial charge in [-0.05, 0) is 38.3 Å². The Labute approximate surface area is 116 Å². The van der Waals surface area contributed by atoms with E-state index in [1.165, 1.54) is 6.42 Å². The molecule has 0 radical (unpaired) electrons. The van der Waals surface area contributed by atoms with Crippen LogP contribution in [0.1, 0.15) is 24.3 Å². The highest BCUT2D eigenvalue weighted by atomic mass is 32.1. The summed E-state index contributed by atoms with van der Waals surface area (Å²) in [6, 6.07) is 4.27. The first-order valence-corrected chi connectivity index (χ1v) is 7.55. The van der Waals surface area contributed by atoms with E-state index in [4.69, 9.17) is 5.73 Å². The quantitative estimate of drug-likeness (QED) is 0.828. The van der Waals surface area contributed by atoms with Crippen LogP contribution in [0.3, 0.4) is 0 Å². The number of aliphatic hydroxyl groups excluding tert-OH is 1. The fourth-order valence-electron chi connectivity index (χ4n) is 2.85. The maximum atomic E-state index is 9.53. The molecular weight excluding hydrogens is 258 g/mol. The number of nitrogens with zero attached hydrogens (tertiary/aromatic N) is 2. The van der Waals surface area contributed by atoms with Crippen molar-refractivity contribution < 1.29 is 5.11 Å². The number of anilines is 2. The zero-order chi connectivity index (χ0) is 13.4. The Bertz CT molecular complexity index is 596. The number of piperidine rings is 1. The van der Waals surface area contributed by atoms with Crippen LogP contribution in [0.5, 0.6) is 0 Å². The standard InChI is InChI=1S/C14H19N3OS/c1-9-16-12-7-13(11(15)6-14(12)19-9)17-5-3-2-4-10(17)8-18/h6-7,10,18H,2-5,8,15H2,1H3. The smallest absolute Gasteiger partial charge is 0.0907 e. The van der Waals surface area contributed by atoms with Crippen LogP contribution in [-0.2, 0) is 0 Å². The second-order valence-corrected chi connectivity index (χ2v) is 6.37. The van der Waals surface area contributed by atoms with E-state index in [2.05, 4.69) is 16.0 Å². The first-order chi connectivity index (χ1) is 9.19. The molecule has 0 bridgehead atoms. The molecule has 0 saturated carbocycles. The van der Waals surface area contributed by atoms with E-state index in [1.54, 1.807) is 11.3 Å². The van der Waals surface area contributed by atoms with Gasteiger partial charge in [-0.3, -0.25) is 0 Å². The Hall–Kier alpha value is -1.33. The van der Waals surface area contributed by atoms with E-state index in [0.29, 0.717) is 0 Å². The molecule has 102 valence electrons. The lowest BCUT2D eigenvalue weighted by molar-refractivity contribution is 0.240. The molecule has 1 fully saturated rings. The minimum Gasteiger partial charge on any atom is -0.397 e. The van der Waals surface area contributed by atoms with Crippen LogP contribution < -0.4 is 10.6 Å². The molecular formula is C14H19N3OS. The molecule has 0 spiro atoms. The predicted octanol–water partition coefficient (Wildman–Crippen LogP) is 2.54. The third kappa shape index (κ3) is 2.28. The minimum absolute atomic E-state index is 0.188. The molecule has 1 unspecified atom stereocenters. The van der Waals surface area contributed by atoms with Crippen molar-refractivity contribution in [2.75, 3.05) is 23.8 Å². The largest absolute Gasteiger partial charge is 0.397 e. The van der Waals surface area contributed by atoms with Gasteiger partial charge >= 0.3 is 0 Å². The Morgan fingerprint density at radius 2 is 2.32 bits per heavy atom. The Kier molecular flexibility index (Phi) is 3.33. The fourth-order valence-corrected chi connectivity index (χ4v) is 3.71. The van der Waals surface area contributed by atoms with Gasteiger partial charge in [0.1, 0.15) is 0 Å². The van der Waals surface area contributed by atoms with Crippen molar-refractivity contribution in [1.82, 2.24) is 4.98 Å². The number of benzene rings is 1. The molecule has 0 aliphatic carbocycles. The summed E-state index contributed by atoms with van der Waals surface area (Å²) in [6.45, 7) is 3.16. The first-order valence-electron chi connectivity index (χ1n) is 6.73. The minimum atomic E-state index is 0.188. The highest BCUT2D eigenvalue weighted by molar-refractivity contribution is 7.18. The SMILES string of the molecule is Cc1nc2cc(N3CCCCC3CO)c(N)cc2s1. The molecule has 5 heteroatoms. The van der Waals surface area contributed by atoms with Gasteiger partial charge in [0.15, 0.2) is 0 Å². The highest BCUT2D eigenvalue weighted by Crippen LogP contribution is 2.35. The highest BCUT2D eigenvalue weighted by Gasteiger charge is 2.24. The van der Waals surface area contributed by atoms with Gasteiger partial charge in [-0.25, -0.2) is 4.98 Å². The van der Waals surface area contributed by atoms with Gasteiger partial charge in [0.05, 0.1) is 39.2 Å². The van der Waals surface area contributed by atoms with E-state index in [0.717, 1.165) is 46.0 Å². The molecule has 19 heavy (non-hydrogen) atoms. The number of nitrogens with two attached hydrogens (primary N) is 1. The number of rotatable bonds is 2. The monoisotopic (exact) mass is 277 g/mol. The Morgan fingerprint density at radius 1 is 1.47 bits per heavy atom. The summed E-state index contributed by atoms with van der Waals surface area (Å²) in [5.74, 6) is 0. The summed E-state index contributed by atoms with van der Waals surface area (Å²) in [5, 5.41) is 10.6. The molecule has 1 atom stereocenters. The number of thiazole rings is 1. The Morgan fingerprint density at radius 3 is 3.11 bits per heavy atom. The van der Waals surface area contributed by atoms with Crippen LogP contribution in [0.15, 0.2) is 12.1 Å². The topological polar surface area (TPSA) is 62.4 Å². The second-order valence-electron chi connectivity index (χ2n) is 5.14. The van der Waals surface area contributed by atoms with Crippen molar-refractivity contribution in [1.29, 1.82) is 0 Å². The maximum Gasteiger partial charge on any atom is 0.0907 e. The van der Waals surface area contributed by atoms with E-state index in [-0.39, 0.29) is 12.6 Å². The van der Waals surface area contributed by atoms with Crippen LogP contribution in [0, 0.1) is 6.92 Å². The lowest BCUT2D eigenvalue weighted by Gasteiger charge is -2.37. The third-order valence-electron chi connectivity index (χ3n) is 3.79. The zero-order valence-electron chi connectivity index (χ0n) is 11.1. The molecule has 1 aromatic heterocycles. The summed E-state index contributed by atoms with van der Waals surface area (Å²) in [7, 11) is 0. The summed E-state index contributed by atoms with van der Waals surface area (Å²) in [4.78, 5) is 6.78. The maximum absolute atomic E-state index is 9.53. The van der Waals surface area contributed by atoms with E-state index in [9.17, 15) is 5.11 Å². The molecule has 1 aromatic carbocycles. The van der Waals surface area contributed by atoms with Gasteiger partial charge in [0.2, 0.25) is 0 Å². The molecule has 3 rings (SSSR count). The molecule has 2 aromatic rings. The molecule has 0 amide bonds. The lowest BCUT2D eigenvalue weighted by Crippen LogP contribution is -2.42. The van der Waals surface area contributed by atoms with Crippen molar-refractivity contribution in [3.63, 3.8) is 0 Å². The number of nitrogen functional groups attached to an aromatic ring is 1. The van der Waals surface area contributed by atoms with Crippen molar-refractivity contribution in [3.05, 3.63) is 17.1 Å². The van der Waals surface area contributed by atoms with Crippen molar-refractivity contribution in [2.45, 2.75) is 32.2 Å². The number of fused-ring (bicyclic) bond motifs is 1. The number of aryl methyl sites for hydroxylation is 1. The summed E-state index contributed by atoms with van der Waals surface area (Å²) >= 11 is 1.67. The summed E-state index contributed by atoms with van der Waals surface area (Å²) < 4.78 is 1.14. The average Bonchev–Trinajstić information content (AvgIpc) is 2.77. The van der Waals surface area contributed by atoms with Crippen LogP contribution in [-0.4, -0.2) is 29.3 Å². The van der Waals surface area contributed by atoms with Crippen molar-refractivity contribution >= 4 is 32.9 Å². The van der Waals surface area contributed by atoms with Crippen LogP contribution in [0.4, 0.5) is 11.4 Å². The molecule has 3 N–H and O–H groups in total. The number of aromatic nitrogens is 1. The van der Waals surface area contributed by atoms with Crippen LogP contribution in [0.2, 0.25) is 0 Å². The first kappa shape index (κ1) is 12.7. The fraction of sp³-hybridized carbons (Fsp3) is 0.500. The van der Waals surface area contributed by atoms with Gasteiger partial charge in [0, 0.05) is 6.54 Å². The van der Waals surface area contributed by atoms with Crippen LogP contribution in [0.25, 0.3) is 10.2 Å². The second kappa shape index (κ2) is 4.98. The van der Waals surface area contributed by atoms with Gasteiger partial charge < -0.3 is 15.7 Å². The van der Waals surface area contributed by atoms with Crippen molar-refractivity contribution in [3.8, 4) is 0 Å². The van der Waals surface area contributed by atoms with Crippen LogP contribution >= 0.6 is 11.3 Å². The van der Waals surface area contributed by atoms with E-state index >= 15 is 0 Å². The average molecular weight is 277 g/mol. The predicted molar refractivity (Wildman–Crippen MR) is 80.8 cm³/mol. The van der Waals surface area contributed by atoms with E-state index < -0.39 is 0 Å².